The van der Waals surface area contributed by atoms with Crippen molar-refractivity contribution in [3.8, 4) is 0 Å². The first-order chi connectivity index (χ1) is 9.77. The van der Waals surface area contributed by atoms with Crippen LogP contribution in [0.5, 0.6) is 0 Å². The van der Waals surface area contributed by atoms with Crippen LogP contribution in [-0.4, -0.2) is 21.4 Å². The maximum Gasteiger partial charge on any atom is 0.337 e. The van der Waals surface area contributed by atoms with E-state index in [4.69, 9.17) is 0 Å². The molecule has 116 valence electrons. The molecular weight excluding hydrogens is 289 g/mol. The number of carbonyl (C=O) groups is 1. The van der Waals surface area contributed by atoms with Gasteiger partial charge in [0.05, 0.1) is 0 Å². The third-order valence-corrected chi connectivity index (χ3v) is 5.03. The molecule has 0 saturated carbocycles. The van der Waals surface area contributed by atoms with E-state index >= 15 is 0 Å². The van der Waals surface area contributed by atoms with Crippen LogP contribution in [0.3, 0.4) is 0 Å². The first kappa shape index (κ1) is 16.2. The zero-order valence-corrected chi connectivity index (χ0v) is 13.3. The van der Waals surface area contributed by atoms with Crippen molar-refractivity contribution in [3.05, 3.63) is 29.3 Å². The number of aryl methyl sites for hydroxylation is 2. The number of carbonyl (C=O) groups excluding carboxylic acids is 1. The topological polar surface area (TPSA) is 86.6 Å². The molecule has 1 aliphatic carbocycles. The normalized spacial score (nSPS) is 15.9. The number of fused-ring (bicyclic) bond motifs is 1. The smallest absolute Gasteiger partial charge is 0.325 e. The van der Waals surface area contributed by atoms with E-state index in [9.17, 15) is 19.1 Å². The molecule has 5 nitrogen and oxygen atoms in total. The van der Waals surface area contributed by atoms with Gasteiger partial charge in [0.2, 0.25) is 5.91 Å². The minimum atomic E-state index is -4.45. The molecule has 1 aromatic carbocycles. The van der Waals surface area contributed by atoms with Crippen LogP contribution in [0, 0.1) is 5.92 Å². The van der Waals surface area contributed by atoms with E-state index in [1.54, 1.807) is 6.07 Å². The predicted octanol–water partition coefficient (Wildman–Crippen LogP) is 2.71. The Labute approximate surface area is 124 Å². The Kier molecular flexibility index (Phi) is 4.87. The lowest BCUT2D eigenvalue weighted by Gasteiger charge is -2.20. The quantitative estimate of drug-likeness (QED) is 0.730. The predicted molar refractivity (Wildman–Crippen MR) is 82.4 cm³/mol. The summed E-state index contributed by atoms with van der Waals surface area (Å²) in [5, 5.41) is 2.65. The average molecular weight is 311 g/mol. The molecule has 1 aromatic rings. The van der Waals surface area contributed by atoms with Crippen molar-refractivity contribution in [2.24, 2.45) is 5.92 Å². The molecule has 1 atom stereocenters. The maximum absolute atomic E-state index is 12.2. The Hall–Kier alpha value is -1.16. The van der Waals surface area contributed by atoms with Gasteiger partial charge in [-0.05, 0) is 54.9 Å². The third-order valence-electron chi connectivity index (χ3n) is 3.77. The number of hydrogen-bond donors (Lipinski definition) is 3. The minimum absolute atomic E-state index is 0.0356. The minimum Gasteiger partial charge on any atom is -0.325 e. The van der Waals surface area contributed by atoms with Gasteiger partial charge in [0.1, 0.15) is 5.66 Å². The van der Waals surface area contributed by atoms with E-state index in [-0.39, 0.29) is 12.3 Å². The Morgan fingerprint density at radius 1 is 1.29 bits per heavy atom. The number of anilines is 1. The van der Waals surface area contributed by atoms with Crippen LogP contribution >= 0.6 is 7.60 Å². The van der Waals surface area contributed by atoms with E-state index in [0.29, 0.717) is 5.69 Å². The van der Waals surface area contributed by atoms with Gasteiger partial charge >= 0.3 is 7.60 Å². The van der Waals surface area contributed by atoms with Crippen molar-refractivity contribution in [1.29, 1.82) is 0 Å². The maximum atomic E-state index is 12.2. The van der Waals surface area contributed by atoms with Crippen LogP contribution in [0.15, 0.2) is 18.2 Å². The summed E-state index contributed by atoms with van der Waals surface area (Å²) in [6, 6.07) is 5.69. The van der Waals surface area contributed by atoms with E-state index in [0.717, 1.165) is 19.3 Å². The molecule has 6 heteroatoms. The molecule has 0 bridgehead atoms. The molecule has 21 heavy (non-hydrogen) atoms. The lowest BCUT2D eigenvalue weighted by atomic mass is 10.1. The lowest BCUT2D eigenvalue weighted by Crippen LogP contribution is -2.29. The van der Waals surface area contributed by atoms with Crippen LogP contribution in [0.25, 0.3) is 0 Å². The molecule has 1 amide bonds. The van der Waals surface area contributed by atoms with Crippen molar-refractivity contribution in [1.82, 2.24) is 0 Å². The molecule has 0 heterocycles. The summed E-state index contributed by atoms with van der Waals surface area (Å²) >= 11 is 0. The monoisotopic (exact) mass is 311 g/mol. The molecule has 1 aliphatic rings. The first-order valence-corrected chi connectivity index (χ1v) is 8.93. The van der Waals surface area contributed by atoms with Crippen molar-refractivity contribution >= 4 is 19.2 Å². The highest BCUT2D eigenvalue weighted by Crippen LogP contribution is 2.44. The molecule has 3 N–H and O–H groups in total. The van der Waals surface area contributed by atoms with Crippen molar-refractivity contribution in [2.45, 2.75) is 45.2 Å². The Bertz CT molecular complexity index is 579. The van der Waals surface area contributed by atoms with Crippen LogP contribution in [0.1, 0.15) is 37.8 Å². The van der Waals surface area contributed by atoms with Gasteiger partial charge in [-0.3, -0.25) is 9.36 Å². The SMILES string of the molecule is CC(C)CC(C(=O)Nc1ccc2c(c1)CCC2)P(=O)(O)O. The zero-order chi connectivity index (χ0) is 15.6. The van der Waals surface area contributed by atoms with Crippen LogP contribution in [0.4, 0.5) is 5.69 Å². The summed E-state index contributed by atoms with van der Waals surface area (Å²) in [4.78, 5) is 31.0. The van der Waals surface area contributed by atoms with Gasteiger partial charge in [-0.25, -0.2) is 0 Å². The molecule has 0 radical (unpaired) electrons. The summed E-state index contributed by atoms with van der Waals surface area (Å²) < 4.78 is 11.5. The summed E-state index contributed by atoms with van der Waals surface area (Å²) in [5.41, 5.74) is 1.83. The fraction of sp³-hybridized carbons (Fsp3) is 0.533. The van der Waals surface area contributed by atoms with E-state index < -0.39 is 19.2 Å². The second-order valence-electron chi connectivity index (χ2n) is 6.06. The second kappa shape index (κ2) is 6.30. The van der Waals surface area contributed by atoms with E-state index in [1.165, 1.54) is 11.1 Å². The van der Waals surface area contributed by atoms with Crippen LogP contribution < -0.4 is 5.32 Å². The van der Waals surface area contributed by atoms with E-state index in [1.807, 2.05) is 26.0 Å². The molecule has 2 rings (SSSR count). The summed E-state index contributed by atoms with van der Waals surface area (Å²) in [6.07, 6.45) is 3.33. The van der Waals surface area contributed by atoms with Gasteiger partial charge in [0.15, 0.2) is 0 Å². The zero-order valence-electron chi connectivity index (χ0n) is 12.4. The van der Waals surface area contributed by atoms with Gasteiger partial charge < -0.3 is 15.1 Å². The highest BCUT2D eigenvalue weighted by Gasteiger charge is 2.36. The number of hydrogen-bond acceptors (Lipinski definition) is 2. The molecule has 0 aliphatic heterocycles. The Balaban J connectivity index is 2.13. The van der Waals surface area contributed by atoms with Gasteiger partial charge in [0, 0.05) is 5.69 Å². The molecule has 0 fully saturated rings. The standard InChI is InChI=1S/C15H22NO4P/c1-10(2)8-14(21(18,19)20)15(17)16-13-7-6-11-4-3-5-12(11)9-13/h6-7,9-10,14H,3-5,8H2,1-2H3,(H,16,17)(H2,18,19,20). The highest BCUT2D eigenvalue weighted by atomic mass is 31.2. The first-order valence-electron chi connectivity index (χ1n) is 7.25. The molecule has 1 unspecified atom stereocenters. The van der Waals surface area contributed by atoms with Crippen LogP contribution in [0.2, 0.25) is 0 Å². The van der Waals surface area contributed by atoms with Gasteiger partial charge in [0.25, 0.3) is 0 Å². The Morgan fingerprint density at radius 3 is 2.57 bits per heavy atom. The fourth-order valence-corrected chi connectivity index (χ4v) is 3.79. The molecule has 0 aromatic heterocycles. The van der Waals surface area contributed by atoms with Gasteiger partial charge in [-0.15, -0.1) is 0 Å². The number of benzene rings is 1. The number of nitrogens with one attached hydrogen (secondary N) is 1. The van der Waals surface area contributed by atoms with Crippen LogP contribution in [-0.2, 0) is 22.2 Å². The van der Waals surface area contributed by atoms with E-state index in [2.05, 4.69) is 5.32 Å². The van der Waals surface area contributed by atoms with Crippen molar-refractivity contribution in [3.63, 3.8) is 0 Å². The lowest BCUT2D eigenvalue weighted by molar-refractivity contribution is -0.116. The van der Waals surface area contributed by atoms with Gasteiger partial charge in [-0.1, -0.05) is 19.9 Å². The molecule has 0 saturated heterocycles. The highest BCUT2D eigenvalue weighted by molar-refractivity contribution is 7.53. The van der Waals surface area contributed by atoms with Gasteiger partial charge in [-0.2, -0.15) is 0 Å². The Morgan fingerprint density at radius 2 is 1.95 bits per heavy atom. The second-order valence-corrected chi connectivity index (χ2v) is 7.86. The fourth-order valence-electron chi connectivity index (χ4n) is 2.72. The number of amides is 1. The van der Waals surface area contributed by atoms with Crippen molar-refractivity contribution in [2.75, 3.05) is 5.32 Å². The molecular formula is C15H22NO4P. The molecule has 0 spiro atoms. The van der Waals surface area contributed by atoms with Crippen molar-refractivity contribution < 1.29 is 19.1 Å². The average Bonchev–Trinajstić information content (AvgIpc) is 2.81. The number of rotatable bonds is 5. The summed E-state index contributed by atoms with van der Waals surface area (Å²) in [7, 11) is -4.45. The largest absolute Gasteiger partial charge is 0.337 e. The summed E-state index contributed by atoms with van der Waals surface area (Å²) in [6.45, 7) is 3.68. The summed E-state index contributed by atoms with van der Waals surface area (Å²) in [5.74, 6) is -0.566. The third kappa shape index (κ3) is 4.16.